The number of likely N-dealkylation sites (N-methyl/N-ethyl adjacent to an activating group) is 2. The highest BCUT2D eigenvalue weighted by atomic mass is 32.1. The lowest BCUT2D eigenvalue weighted by molar-refractivity contribution is 0.312. The van der Waals surface area contributed by atoms with Gasteiger partial charge in [-0.2, -0.15) is 4.98 Å². The van der Waals surface area contributed by atoms with Crippen molar-refractivity contribution in [3.63, 3.8) is 0 Å². The van der Waals surface area contributed by atoms with Crippen molar-refractivity contribution in [2.75, 3.05) is 81.6 Å². The van der Waals surface area contributed by atoms with Crippen molar-refractivity contribution in [1.82, 2.24) is 19.8 Å². The molecule has 0 saturated carbocycles. The van der Waals surface area contributed by atoms with Gasteiger partial charge in [-0.3, -0.25) is 0 Å². The van der Waals surface area contributed by atoms with Gasteiger partial charge in [0.15, 0.2) is 0 Å². The number of piperazine rings is 2. The van der Waals surface area contributed by atoms with Crippen LogP contribution < -0.4 is 15.1 Å². The standard InChI is InChI=1S/C23H31N7S/c1-17-16-31-22-20(17)21(30-14-10-28(3)11-15-30)25-23(26-22)24-18-4-6-19(7-5-18)29-12-8-27(2)9-13-29/h4-7,16H,8-15H2,1-3H3,(H,24,25,26). The van der Waals surface area contributed by atoms with Crippen molar-refractivity contribution < 1.29 is 0 Å². The number of hydrogen-bond donors (Lipinski definition) is 1. The van der Waals surface area contributed by atoms with Gasteiger partial charge in [0.2, 0.25) is 5.95 Å². The van der Waals surface area contributed by atoms with E-state index in [1.807, 2.05) is 0 Å². The van der Waals surface area contributed by atoms with Gasteiger partial charge in [-0.15, -0.1) is 11.3 Å². The Bertz CT molecular complexity index is 1030. The second-order valence-electron chi connectivity index (χ2n) is 8.72. The van der Waals surface area contributed by atoms with Gasteiger partial charge in [0.05, 0.1) is 5.39 Å². The Balaban J connectivity index is 1.38. The monoisotopic (exact) mass is 437 g/mol. The number of fused-ring (bicyclic) bond motifs is 1. The number of aromatic nitrogens is 2. The van der Waals surface area contributed by atoms with Crippen molar-refractivity contribution >= 4 is 44.7 Å². The molecule has 2 aromatic heterocycles. The first-order valence-corrected chi connectivity index (χ1v) is 11.9. The Kier molecular flexibility index (Phi) is 5.69. The van der Waals surface area contributed by atoms with E-state index < -0.39 is 0 Å². The van der Waals surface area contributed by atoms with Crippen LogP contribution in [0.1, 0.15) is 5.56 Å². The molecule has 0 atom stereocenters. The number of nitrogens with zero attached hydrogens (tertiary/aromatic N) is 6. The van der Waals surface area contributed by atoms with E-state index in [4.69, 9.17) is 9.97 Å². The van der Waals surface area contributed by atoms with E-state index in [0.717, 1.165) is 68.7 Å². The predicted octanol–water partition coefficient (Wildman–Crippen LogP) is 3.25. The normalized spacial score (nSPS) is 18.7. The van der Waals surface area contributed by atoms with Crippen molar-refractivity contribution in [3.05, 3.63) is 35.2 Å². The Hall–Kier alpha value is -2.42. The Morgan fingerprint density at radius 1 is 0.806 bits per heavy atom. The summed E-state index contributed by atoms with van der Waals surface area (Å²) < 4.78 is 0. The van der Waals surface area contributed by atoms with Gasteiger partial charge in [-0.25, -0.2) is 4.98 Å². The number of rotatable bonds is 4. The van der Waals surface area contributed by atoms with E-state index in [2.05, 4.69) is 75.6 Å². The molecule has 2 aliphatic rings. The van der Waals surface area contributed by atoms with Crippen LogP contribution in [0.2, 0.25) is 0 Å². The van der Waals surface area contributed by atoms with Gasteiger partial charge in [-0.05, 0) is 56.2 Å². The molecular weight excluding hydrogens is 406 g/mol. The Labute approximate surface area is 188 Å². The summed E-state index contributed by atoms with van der Waals surface area (Å²) in [4.78, 5) is 20.5. The third-order valence-electron chi connectivity index (χ3n) is 6.39. The van der Waals surface area contributed by atoms with Gasteiger partial charge < -0.3 is 24.9 Å². The van der Waals surface area contributed by atoms with E-state index >= 15 is 0 Å². The zero-order chi connectivity index (χ0) is 21.4. The van der Waals surface area contributed by atoms with E-state index in [9.17, 15) is 0 Å². The van der Waals surface area contributed by atoms with Crippen LogP contribution in [0.4, 0.5) is 23.1 Å². The molecule has 0 aliphatic carbocycles. The summed E-state index contributed by atoms with van der Waals surface area (Å²) in [6.07, 6.45) is 0. The molecule has 0 unspecified atom stereocenters. The molecule has 1 aromatic carbocycles. The van der Waals surface area contributed by atoms with E-state index in [1.165, 1.54) is 16.6 Å². The van der Waals surface area contributed by atoms with Gasteiger partial charge in [0.25, 0.3) is 0 Å². The molecule has 2 fully saturated rings. The van der Waals surface area contributed by atoms with E-state index in [0.29, 0.717) is 5.95 Å². The van der Waals surface area contributed by atoms with Crippen LogP contribution in [-0.4, -0.2) is 86.2 Å². The highest BCUT2D eigenvalue weighted by Crippen LogP contribution is 2.34. The molecule has 4 heterocycles. The maximum atomic E-state index is 4.97. The van der Waals surface area contributed by atoms with Crippen molar-refractivity contribution in [2.24, 2.45) is 0 Å². The summed E-state index contributed by atoms with van der Waals surface area (Å²) in [6, 6.07) is 8.67. The Morgan fingerprint density at radius 2 is 1.42 bits per heavy atom. The van der Waals surface area contributed by atoms with E-state index in [-0.39, 0.29) is 0 Å². The first-order valence-electron chi connectivity index (χ1n) is 11.1. The minimum Gasteiger partial charge on any atom is -0.369 e. The molecule has 8 heteroatoms. The van der Waals surface area contributed by atoms with Crippen molar-refractivity contribution in [1.29, 1.82) is 0 Å². The van der Waals surface area contributed by atoms with Crippen LogP contribution in [0, 0.1) is 6.92 Å². The first-order chi connectivity index (χ1) is 15.1. The SMILES string of the molecule is Cc1csc2nc(Nc3ccc(N4CCN(C)CC4)cc3)nc(N3CCN(C)CC3)c12. The zero-order valence-electron chi connectivity index (χ0n) is 18.6. The lowest BCUT2D eigenvalue weighted by atomic mass is 10.2. The molecule has 31 heavy (non-hydrogen) atoms. The summed E-state index contributed by atoms with van der Waals surface area (Å²) in [5, 5.41) is 6.84. The largest absolute Gasteiger partial charge is 0.369 e. The molecule has 5 rings (SSSR count). The smallest absolute Gasteiger partial charge is 0.230 e. The fraction of sp³-hybridized carbons (Fsp3) is 0.478. The maximum absolute atomic E-state index is 4.97. The number of anilines is 4. The fourth-order valence-corrected chi connectivity index (χ4v) is 5.23. The highest BCUT2D eigenvalue weighted by Gasteiger charge is 2.21. The summed E-state index contributed by atoms with van der Waals surface area (Å²) in [5.74, 6) is 1.74. The van der Waals surface area contributed by atoms with Gasteiger partial charge >= 0.3 is 0 Å². The molecule has 0 bridgehead atoms. The van der Waals surface area contributed by atoms with Gasteiger partial charge in [-0.1, -0.05) is 0 Å². The summed E-state index contributed by atoms with van der Waals surface area (Å²) in [5.41, 5.74) is 3.56. The molecule has 2 saturated heterocycles. The summed E-state index contributed by atoms with van der Waals surface area (Å²) in [7, 11) is 4.37. The molecular formula is C23H31N7S. The summed E-state index contributed by atoms with van der Waals surface area (Å²) >= 11 is 1.70. The number of benzene rings is 1. The summed E-state index contributed by atoms with van der Waals surface area (Å²) in [6.45, 7) is 10.7. The second kappa shape index (κ2) is 8.61. The third-order valence-corrected chi connectivity index (χ3v) is 7.38. The van der Waals surface area contributed by atoms with Crippen molar-refractivity contribution in [3.8, 4) is 0 Å². The minimum atomic E-state index is 0.677. The number of thiophene rings is 1. The molecule has 7 nitrogen and oxygen atoms in total. The molecule has 0 spiro atoms. The Morgan fingerprint density at radius 3 is 2.06 bits per heavy atom. The van der Waals surface area contributed by atoms with Crippen LogP contribution in [0.25, 0.3) is 10.2 Å². The lowest BCUT2D eigenvalue weighted by Gasteiger charge is -2.34. The van der Waals surface area contributed by atoms with Gasteiger partial charge in [0.1, 0.15) is 10.6 Å². The minimum absolute atomic E-state index is 0.677. The van der Waals surface area contributed by atoms with Crippen LogP contribution in [-0.2, 0) is 0 Å². The zero-order valence-corrected chi connectivity index (χ0v) is 19.5. The molecule has 1 N–H and O–H groups in total. The lowest BCUT2D eigenvalue weighted by Crippen LogP contribution is -2.45. The first kappa shape index (κ1) is 20.5. The number of nitrogens with one attached hydrogen (secondary N) is 1. The molecule has 0 radical (unpaired) electrons. The second-order valence-corrected chi connectivity index (χ2v) is 9.58. The molecule has 2 aliphatic heterocycles. The van der Waals surface area contributed by atoms with Gasteiger partial charge in [0, 0.05) is 63.7 Å². The van der Waals surface area contributed by atoms with Crippen LogP contribution in [0.5, 0.6) is 0 Å². The molecule has 164 valence electrons. The number of hydrogen-bond acceptors (Lipinski definition) is 8. The number of aryl methyl sites for hydroxylation is 1. The fourth-order valence-electron chi connectivity index (χ4n) is 4.31. The van der Waals surface area contributed by atoms with Crippen LogP contribution in [0.15, 0.2) is 29.6 Å². The topological polar surface area (TPSA) is 50.8 Å². The average molecular weight is 438 g/mol. The highest BCUT2D eigenvalue weighted by molar-refractivity contribution is 7.17. The third kappa shape index (κ3) is 4.33. The molecule has 3 aromatic rings. The maximum Gasteiger partial charge on any atom is 0.230 e. The quantitative estimate of drug-likeness (QED) is 0.672. The van der Waals surface area contributed by atoms with Crippen LogP contribution in [0.3, 0.4) is 0 Å². The van der Waals surface area contributed by atoms with Crippen LogP contribution >= 0.6 is 11.3 Å². The average Bonchev–Trinajstić information content (AvgIpc) is 3.16. The van der Waals surface area contributed by atoms with Crippen molar-refractivity contribution in [2.45, 2.75) is 6.92 Å². The van der Waals surface area contributed by atoms with E-state index in [1.54, 1.807) is 11.3 Å². The predicted molar refractivity (Wildman–Crippen MR) is 131 cm³/mol. The molecule has 0 amide bonds.